The zero-order valence-corrected chi connectivity index (χ0v) is 14.0. The Kier molecular flexibility index (Phi) is 3.05. The topological polar surface area (TPSA) is 0 Å². The fourth-order valence-electron chi connectivity index (χ4n) is 1.95. The molecular formula is C14H12Pb. The van der Waals surface area contributed by atoms with Gasteiger partial charge in [0.2, 0.25) is 0 Å². The molecule has 0 aliphatic carbocycles. The van der Waals surface area contributed by atoms with Crippen LogP contribution in [0, 0.1) is 0 Å². The van der Waals surface area contributed by atoms with Crippen molar-refractivity contribution in [3.63, 3.8) is 0 Å². The van der Waals surface area contributed by atoms with Gasteiger partial charge in [-0.3, -0.25) is 0 Å². The largest absolute Gasteiger partial charge is 0.0616 e. The van der Waals surface area contributed by atoms with Gasteiger partial charge in [0.15, 0.2) is 0 Å². The average Bonchev–Trinajstić information content (AvgIpc) is 2.29. The van der Waals surface area contributed by atoms with Gasteiger partial charge < -0.3 is 0 Å². The van der Waals surface area contributed by atoms with Crippen molar-refractivity contribution in [3.05, 3.63) is 60.7 Å². The molecular weight excluding hydrogens is 375 g/mol. The predicted octanol–water partition coefficient (Wildman–Crippen LogP) is 3.08. The van der Waals surface area contributed by atoms with Crippen LogP contribution in [0.4, 0.5) is 0 Å². The Morgan fingerprint density at radius 2 is 0.867 bits per heavy atom. The molecule has 1 heteroatoms. The number of rotatable bonds is 0. The van der Waals surface area contributed by atoms with E-state index >= 15 is 0 Å². The maximum Gasteiger partial charge on any atom is -0.0105 e. The van der Waals surface area contributed by atoms with Crippen molar-refractivity contribution in [2.24, 2.45) is 0 Å². The Morgan fingerprint density at radius 3 is 1.33 bits per heavy atom. The summed E-state index contributed by atoms with van der Waals surface area (Å²) in [4.78, 5) is 0. The summed E-state index contributed by atoms with van der Waals surface area (Å²) in [6, 6.07) is 21.4. The summed E-state index contributed by atoms with van der Waals surface area (Å²) in [5.41, 5.74) is 0. The van der Waals surface area contributed by atoms with E-state index < -0.39 is 0 Å². The van der Waals surface area contributed by atoms with Gasteiger partial charge in [0.1, 0.15) is 0 Å². The number of benzene rings is 3. The molecule has 3 aromatic rings. The molecule has 0 N–H and O–H groups in total. The third-order valence-electron chi connectivity index (χ3n) is 2.65. The van der Waals surface area contributed by atoms with Crippen molar-refractivity contribution in [1.29, 1.82) is 0 Å². The minimum absolute atomic E-state index is 0. The zero-order chi connectivity index (χ0) is 9.38. The van der Waals surface area contributed by atoms with Gasteiger partial charge in [-0.25, -0.2) is 0 Å². The van der Waals surface area contributed by atoms with Crippen molar-refractivity contribution in [1.82, 2.24) is 0 Å². The van der Waals surface area contributed by atoms with Crippen LogP contribution < -0.4 is 0 Å². The molecule has 0 aliphatic heterocycles. The summed E-state index contributed by atoms with van der Waals surface area (Å²) in [7, 11) is 0. The monoisotopic (exact) mass is 388 g/mol. The summed E-state index contributed by atoms with van der Waals surface area (Å²) in [6.07, 6.45) is 0. The SMILES string of the molecule is [PbH2].c1ccc2c(c1)ccc1ccccc12. The Bertz CT molecular complexity index is 544. The molecule has 0 fully saturated rings. The van der Waals surface area contributed by atoms with E-state index in [0.717, 1.165) is 0 Å². The maximum atomic E-state index is 2.18. The molecule has 3 rings (SSSR count). The first-order chi connectivity index (χ1) is 6.95. The second-order valence-corrected chi connectivity index (χ2v) is 3.51. The van der Waals surface area contributed by atoms with Crippen LogP contribution in [0.25, 0.3) is 21.5 Å². The number of hydrogen-bond acceptors (Lipinski definition) is 0. The quantitative estimate of drug-likeness (QED) is 0.411. The van der Waals surface area contributed by atoms with E-state index in [1.165, 1.54) is 21.5 Å². The second-order valence-electron chi connectivity index (χ2n) is 3.51. The maximum absolute atomic E-state index is 2.18. The summed E-state index contributed by atoms with van der Waals surface area (Å²) in [6.45, 7) is 0. The number of hydrogen-bond donors (Lipinski definition) is 0. The van der Waals surface area contributed by atoms with E-state index in [1.54, 1.807) is 0 Å². The Hall–Kier alpha value is -0.898. The third kappa shape index (κ3) is 1.78. The van der Waals surface area contributed by atoms with Gasteiger partial charge in [-0.05, 0) is 21.5 Å². The first-order valence-electron chi connectivity index (χ1n) is 4.82. The second kappa shape index (κ2) is 4.31. The summed E-state index contributed by atoms with van der Waals surface area (Å²) in [5, 5.41) is 5.30. The molecule has 0 aliphatic rings. The van der Waals surface area contributed by atoms with E-state index in [2.05, 4.69) is 60.7 Å². The normalized spacial score (nSPS) is 10.1. The third-order valence-corrected chi connectivity index (χ3v) is 2.65. The van der Waals surface area contributed by atoms with Crippen LogP contribution in [0.2, 0.25) is 0 Å². The fourth-order valence-corrected chi connectivity index (χ4v) is 1.95. The predicted molar refractivity (Wildman–Crippen MR) is 70.0 cm³/mol. The van der Waals surface area contributed by atoms with Crippen molar-refractivity contribution in [2.75, 3.05) is 0 Å². The molecule has 3 aromatic carbocycles. The van der Waals surface area contributed by atoms with Crippen LogP contribution in [0.15, 0.2) is 60.7 Å². The van der Waals surface area contributed by atoms with Crippen molar-refractivity contribution >= 4 is 48.8 Å². The molecule has 0 bridgehead atoms. The Labute approximate surface area is 109 Å². The molecule has 0 atom stereocenters. The van der Waals surface area contributed by atoms with Gasteiger partial charge in [0.25, 0.3) is 0 Å². The molecule has 0 saturated heterocycles. The zero-order valence-electron chi connectivity index (χ0n) is 8.48. The van der Waals surface area contributed by atoms with Crippen LogP contribution in [0.3, 0.4) is 0 Å². The molecule has 0 heterocycles. The van der Waals surface area contributed by atoms with E-state index in [4.69, 9.17) is 0 Å². The molecule has 0 unspecified atom stereocenters. The summed E-state index contributed by atoms with van der Waals surface area (Å²) in [5.74, 6) is 0. The molecule has 0 aromatic heterocycles. The molecule has 0 amide bonds. The molecule has 15 heavy (non-hydrogen) atoms. The van der Waals surface area contributed by atoms with E-state index in [-0.39, 0.29) is 27.3 Å². The van der Waals surface area contributed by atoms with Crippen LogP contribution in [-0.2, 0) is 0 Å². The molecule has 0 saturated carbocycles. The summed E-state index contributed by atoms with van der Waals surface area (Å²) < 4.78 is 0. The van der Waals surface area contributed by atoms with Gasteiger partial charge in [-0.15, -0.1) is 0 Å². The molecule has 2 radical (unpaired) electrons. The van der Waals surface area contributed by atoms with Gasteiger partial charge in [0.05, 0.1) is 0 Å². The van der Waals surface area contributed by atoms with Crippen LogP contribution in [0.1, 0.15) is 0 Å². The van der Waals surface area contributed by atoms with Crippen molar-refractivity contribution < 1.29 is 0 Å². The van der Waals surface area contributed by atoms with Gasteiger partial charge in [0, 0.05) is 0 Å². The smallest absolute Gasteiger partial charge is 0.0105 e. The minimum Gasteiger partial charge on any atom is -0.0616 e. The first kappa shape index (κ1) is 10.6. The van der Waals surface area contributed by atoms with Crippen molar-refractivity contribution in [3.8, 4) is 0 Å². The first-order valence-corrected chi connectivity index (χ1v) is 4.82. The van der Waals surface area contributed by atoms with E-state index in [0.29, 0.717) is 0 Å². The van der Waals surface area contributed by atoms with Gasteiger partial charge in [-0.2, -0.15) is 0 Å². The average molecular weight is 387 g/mol. The van der Waals surface area contributed by atoms with Gasteiger partial charge >= 0.3 is 27.3 Å². The van der Waals surface area contributed by atoms with Gasteiger partial charge in [-0.1, -0.05) is 60.7 Å². The van der Waals surface area contributed by atoms with Crippen molar-refractivity contribution in [2.45, 2.75) is 0 Å². The Morgan fingerprint density at radius 1 is 0.467 bits per heavy atom. The minimum atomic E-state index is 0. The molecule has 72 valence electrons. The fraction of sp³-hybridized carbons (Fsp3) is 0. The van der Waals surface area contributed by atoms with E-state index in [1.807, 2.05) is 0 Å². The molecule has 0 spiro atoms. The van der Waals surface area contributed by atoms with Crippen LogP contribution >= 0.6 is 0 Å². The summed E-state index contributed by atoms with van der Waals surface area (Å²) >= 11 is 0. The number of fused-ring (bicyclic) bond motifs is 3. The van der Waals surface area contributed by atoms with E-state index in [9.17, 15) is 0 Å². The molecule has 0 nitrogen and oxygen atoms in total. The Balaban J connectivity index is 0.000000853. The standard InChI is InChI=1S/C14H10.Pb.2H/c1-3-7-13-11(5-1)9-10-12-6-2-4-8-14(12)13;;;/h1-10H;;;. The van der Waals surface area contributed by atoms with Crippen LogP contribution in [0.5, 0.6) is 0 Å². The van der Waals surface area contributed by atoms with Crippen LogP contribution in [-0.4, -0.2) is 27.3 Å².